The quantitative estimate of drug-likeness (QED) is 0.495. The van der Waals surface area contributed by atoms with E-state index in [1.165, 1.54) is 0 Å². The number of carbonyl (C=O) groups excluding carboxylic acids is 1. The fourth-order valence-corrected chi connectivity index (χ4v) is 4.72. The Balaban J connectivity index is 1.66. The first kappa shape index (κ1) is 22.3. The van der Waals surface area contributed by atoms with Gasteiger partial charge in [0, 0.05) is 36.6 Å². The fraction of sp³-hybridized carbons (Fsp3) is 0.360. The Kier molecular flexibility index (Phi) is 7.37. The molecular formula is C25H29N3O3S. The molecule has 168 valence electrons. The van der Waals surface area contributed by atoms with Gasteiger partial charge in [0.15, 0.2) is 0 Å². The van der Waals surface area contributed by atoms with Crippen LogP contribution in [0.5, 0.6) is 17.4 Å². The number of carbonyl (C=O) groups is 1. The third-order valence-corrected chi connectivity index (χ3v) is 6.52. The Morgan fingerprint density at radius 3 is 2.41 bits per heavy atom. The molecule has 1 saturated heterocycles. The van der Waals surface area contributed by atoms with Gasteiger partial charge < -0.3 is 14.4 Å². The highest BCUT2D eigenvalue weighted by molar-refractivity contribution is 7.99. The minimum absolute atomic E-state index is 0.204. The van der Waals surface area contributed by atoms with Crippen molar-refractivity contribution in [2.24, 2.45) is 0 Å². The van der Waals surface area contributed by atoms with Crippen molar-refractivity contribution >= 4 is 17.7 Å². The highest BCUT2D eigenvalue weighted by atomic mass is 32.2. The SMILES string of the molecule is CCc1nn(-c2ccc(OC)cc2)c(Oc2ccccc2)c1CCC(=O)N1CCSCC1. The summed E-state index contributed by atoms with van der Waals surface area (Å²) in [5, 5.41) is 4.86. The molecule has 4 rings (SSSR count). The largest absolute Gasteiger partial charge is 0.497 e. The molecule has 0 atom stereocenters. The zero-order chi connectivity index (χ0) is 22.3. The monoisotopic (exact) mass is 451 g/mol. The Bertz CT molecular complexity index is 1030. The van der Waals surface area contributed by atoms with Crippen LogP contribution < -0.4 is 9.47 Å². The second-order valence-electron chi connectivity index (χ2n) is 7.60. The van der Waals surface area contributed by atoms with E-state index in [2.05, 4.69) is 6.92 Å². The van der Waals surface area contributed by atoms with E-state index < -0.39 is 0 Å². The van der Waals surface area contributed by atoms with Crippen LogP contribution in [0, 0.1) is 0 Å². The smallest absolute Gasteiger partial charge is 0.226 e. The van der Waals surface area contributed by atoms with E-state index in [9.17, 15) is 4.79 Å². The first-order valence-electron chi connectivity index (χ1n) is 11.0. The Labute approximate surface area is 193 Å². The first-order chi connectivity index (χ1) is 15.7. The van der Waals surface area contributed by atoms with E-state index >= 15 is 0 Å². The third-order valence-electron chi connectivity index (χ3n) is 5.58. The summed E-state index contributed by atoms with van der Waals surface area (Å²) in [7, 11) is 1.65. The minimum atomic E-state index is 0.204. The maximum Gasteiger partial charge on any atom is 0.226 e. The molecule has 0 radical (unpaired) electrons. The number of methoxy groups -OCH3 is 1. The summed E-state index contributed by atoms with van der Waals surface area (Å²) >= 11 is 1.91. The van der Waals surface area contributed by atoms with Crippen molar-refractivity contribution in [2.45, 2.75) is 26.2 Å². The number of nitrogens with zero attached hydrogens (tertiary/aromatic N) is 3. The highest BCUT2D eigenvalue weighted by Crippen LogP contribution is 2.32. The normalized spacial score (nSPS) is 13.8. The number of rotatable bonds is 8. The van der Waals surface area contributed by atoms with E-state index in [4.69, 9.17) is 14.6 Å². The summed E-state index contributed by atoms with van der Waals surface area (Å²) in [4.78, 5) is 14.8. The summed E-state index contributed by atoms with van der Waals surface area (Å²) in [6.07, 6.45) is 1.82. The number of hydrogen-bond donors (Lipinski definition) is 0. The van der Waals surface area contributed by atoms with Gasteiger partial charge in [-0.05, 0) is 49.2 Å². The van der Waals surface area contributed by atoms with E-state index in [1.54, 1.807) is 7.11 Å². The number of aryl methyl sites for hydroxylation is 1. The number of aromatic nitrogens is 2. The van der Waals surface area contributed by atoms with Gasteiger partial charge in [0.1, 0.15) is 11.5 Å². The molecule has 7 heteroatoms. The van der Waals surface area contributed by atoms with Crippen molar-refractivity contribution in [3.05, 3.63) is 65.9 Å². The average molecular weight is 452 g/mol. The molecule has 0 saturated carbocycles. The highest BCUT2D eigenvalue weighted by Gasteiger charge is 2.23. The zero-order valence-electron chi connectivity index (χ0n) is 18.6. The van der Waals surface area contributed by atoms with Gasteiger partial charge in [-0.2, -0.15) is 16.9 Å². The molecule has 2 aromatic carbocycles. The molecule has 1 fully saturated rings. The van der Waals surface area contributed by atoms with Gasteiger partial charge >= 0.3 is 0 Å². The zero-order valence-corrected chi connectivity index (χ0v) is 19.4. The average Bonchev–Trinajstić information content (AvgIpc) is 3.20. The molecule has 0 unspecified atom stereocenters. The molecule has 32 heavy (non-hydrogen) atoms. The molecule has 1 amide bonds. The van der Waals surface area contributed by atoms with Crippen molar-refractivity contribution < 1.29 is 14.3 Å². The van der Waals surface area contributed by atoms with Gasteiger partial charge in [-0.25, -0.2) is 4.68 Å². The van der Waals surface area contributed by atoms with Crippen LogP contribution in [0.3, 0.4) is 0 Å². The number of ether oxygens (including phenoxy) is 2. The second-order valence-corrected chi connectivity index (χ2v) is 8.83. The lowest BCUT2D eigenvalue weighted by Crippen LogP contribution is -2.38. The van der Waals surface area contributed by atoms with Crippen LogP contribution >= 0.6 is 11.8 Å². The Hall–Kier alpha value is -2.93. The minimum Gasteiger partial charge on any atom is -0.497 e. The predicted molar refractivity (Wildman–Crippen MR) is 128 cm³/mol. The lowest BCUT2D eigenvalue weighted by atomic mass is 10.1. The first-order valence-corrected chi connectivity index (χ1v) is 12.2. The topological polar surface area (TPSA) is 56.6 Å². The Morgan fingerprint density at radius 2 is 1.75 bits per heavy atom. The van der Waals surface area contributed by atoms with E-state index in [0.717, 1.165) is 59.5 Å². The van der Waals surface area contributed by atoms with E-state index in [0.29, 0.717) is 18.7 Å². The Morgan fingerprint density at radius 1 is 1.03 bits per heavy atom. The number of amides is 1. The van der Waals surface area contributed by atoms with Crippen LogP contribution in [0.15, 0.2) is 54.6 Å². The second kappa shape index (κ2) is 10.6. The summed E-state index contributed by atoms with van der Waals surface area (Å²) in [6, 6.07) is 17.4. The third kappa shape index (κ3) is 5.10. The number of benzene rings is 2. The van der Waals surface area contributed by atoms with Gasteiger partial charge in [0.2, 0.25) is 11.8 Å². The van der Waals surface area contributed by atoms with Gasteiger partial charge in [0.05, 0.1) is 18.5 Å². The number of para-hydroxylation sites is 1. The molecule has 6 nitrogen and oxygen atoms in total. The summed E-state index contributed by atoms with van der Waals surface area (Å²) < 4.78 is 13.5. The standard InChI is InChI=1S/C25H29N3O3S/c1-3-23-22(13-14-24(29)27-15-17-32-18-16-27)25(31-21-7-5-4-6-8-21)28(26-23)19-9-11-20(30-2)12-10-19/h4-12H,3,13-18H2,1-2H3. The molecule has 3 aromatic rings. The van der Waals surface area contributed by atoms with Crippen LogP contribution in [-0.4, -0.2) is 52.3 Å². The molecule has 1 aliphatic rings. The van der Waals surface area contributed by atoms with Crippen molar-refractivity contribution in [2.75, 3.05) is 31.7 Å². The van der Waals surface area contributed by atoms with Crippen LogP contribution in [0.2, 0.25) is 0 Å². The summed E-state index contributed by atoms with van der Waals surface area (Å²) in [5.41, 5.74) is 2.83. The van der Waals surface area contributed by atoms with Crippen LogP contribution in [0.25, 0.3) is 5.69 Å². The molecular weight excluding hydrogens is 422 g/mol. The molecule has 0 spiro atoms. The van der Waals surface area contributed by atoms with Crippen molar-refractivity contribution in [3.8, 4) is 23.1 Å². The predicted octanol–water partition coefficient (Wildman–Crippen LogP) is 4.74. The van der Waals surface area contributed by atoms with Gasteiger partial charge in [0.25, 0.3) is 0 Å². The maximum absolute atomic E-state index is 12.8. The van der Waals surface area contributed by atoms with Gasteiger partial charge in [-0.1, -0.05) is 25.1 Å². The van der Waals surface area contributed by atoms with Crippen LogP contribution in [0.1, 0.15) is 24.6 Å². The number of thioether (sulfide) groups is 1. The van der Waals surface area contributed by atoms with Crippen molar-refractivity contribution in [1.29, 1.82) is 0 Å². The van der Waals surface area contributed by atoms with E-state index in [-0.39, 0.29) is 5.91 Å². The maximum atomic E-state index is 12.8. The number of hydrogen-bond acceptors (Lipinski definition) is 5. The molecule has 0 N–H and O–H groups in total. The molecule has 0 bridgehead atoms. The fourth-order valence-electron chi connectivity index (χ4n) is 3.82. The van der Waals surface area contributed by atoms with Crippen LogP contribution in [0.4, 0.5) is 0 Å². The van der Waals surface area contributed by atoms with Crippen molar-refractivity contribution in [3.63, 3.8) is 0 Å². The summed E-state index contributed by atoms with van der Waals surface area (Å²) in [6.45, 7) is 3.76. The summed E-state index contributed by atoms with van der Waals surface area (Å²) in [5.74, 6) is 4.43. The van der Waals surface area contributed by atoms with Crippen molar-refractivity contribution in [1.82, 2.24) is 14.7 Å². The molecule has 2 heterocycles. The van der Waals surface area contributed by atoms with E-state index in [1.807, 2.05) is 75.9 Å². The van der Waals surface area contributed by atoms with Gasteiger partial charge in [-0.3, -0.25) is 4.79 Å². The molecule has 0 aliphatic carbocycles. The molecule has 1 aromatic heterocycles. The van der Waals surface area contributed by atoms with Crippen LogP contribution in [-0.2, 0) is 17.6 Å². The van der Waals surface area contributed by atoms with Gasteiger partial charge in [-0.15, -0.1) is 0 Å². The molecule has 1 aliphatic heterocycles. The lowest BCUT2D eigenvalue weighted by molar-refractivity contribution is -0.130. The lowest BCUT2D eigenvalue weighted by Gasteiger charge is -2.26.